The number of carbonyl (C=O) groups excluding carboxylic acids is 1. The molecule has 0 atom stereocenters. The van der Waals surface area contributed by atoms with Gasteiger partial charge in [0.15, 0.2) is 17.3 Å². The molecule has 0 bridgehead atoms. The third-order valence-corrected chi connectivity index (χ3v) is 6.44. The second kappa shape index (κ2) is 11.6. The Morgan fingerprint density at radius 2 is 1.94 bits per heavy atom. The summed E-state index contributed by atoms with van der Waals surface area (Å²) in [6.07, 6.45) is 3.26. The number of ether oxygens (including phenoxy) is 3. The predicted molar refractivity (Wildman–Crippen MR) is 145 cm³/mol. The highest BCUT2D eigenvalue weighted by Gasteiger charge is 2.35. The van der Waals surface area contributed by atoms with Gasteiger partial charge in [-0.05, 0) is 79.9 Å². The van der Waals surface area contributed by atoms with Gasteiger partial charge in [0.1, 0.15) is 24.0 Å². The van der Waals surface area contributed by atoms with E-state index >= 15 is 0 Å². The molecule has 0 aliphatic carbocycles. The number of nitrogens with one attached hydrogen (secondary N) is 1. The molecule has 4 rings (SSSR count). The normalized spacial score (nSPS) is 16.1. The number of nitrogens with zero attached hydrogens (tertiary/aromatic N) is 3. The van der Waals surface area contributed by atoms with Crippen LogP contribution in [0.5, 0.6) is 17.2 Å². The number of amidine groups is 2. The molecule has 188 valence electrons. The summed E-state index contributed by atoms with van der Waals surface area (Å²) in [5.41, 5.74) is 1.82. The number of aryl methyl sites for hydroxylation is 1. The Morgan fingerprint density at radius 1 is 1.14 bits per heavy atom. The van der Waals surface area contributed by atoms with Crippen molar-refractivity contribution in [3.05, 3.63) is 58.1 Å². The number of halogens is 1. The minimum absolute atomic E-state index is 0.0219. The van der Waals surface area contributed by atoms with Crippen LogP contribution in [0.3, 0.4) is 0 Å². The minimum Gasteiger partial charge on any atom is -0.490 e. The molecule has 0 fully saturated rings. The zero-order valence-electron chi connectivity index (χ0n) is 20.3. The van der Waals surface area contributed by atoms with Gasteiger partial charge < -0.3 is 14.2 Å². The zero-order valence-corrected chi connectivity index (χ0v) is 21.9. The molecule has 8 nitrogen and oxygen atoms in total. The maximum Gasteiger partial charge on any atom is 0.283 e. The fraction of sp³-hybridized carbons (Fsp3) is 0.308. The van der Waals surface area contributed by atoms with Crippen LogP contribution >= 0.6 is 23.4 Å². The van der Waals surface area contributed by atoms with Crippen LogP contribution in [-0.4, -0.2) is 46.8 Å². The number of hydrogen-bond acceptors (Lipinski definition) is 7. The average Bonchev–Trinajstić information content (AvgIpc) is 3.24. The Bertz CT molecular complexity index is 1270. The third kappa shape index (κ3) is 5.91. The summed E-state index contributed by atoms with van der Waals surface area (Å²) in [7, 11) is 0. The van der Waals surface area contributed by atoms with E-state index in [1.165, 1.54) is 16.8 Å². The van der Waals surface area contributed by atoms with Gasteiger partial charge in [0, 0.05) is 0 Å². The molecule has 0 unspecified atom stereocenters. The van der Waals surface area contributed by atoms with Crippen LogP contribution in [0.1, 0.15) is 37.8 Å². The van der Waals surface area contributed by atoms with E-state index in [0.717, 1.165) is 29.2 Å². The number of hydrogen-bond donors (Lipinski definition) is 1. The number of thioether (sulfide) groups is 1. The van der Waals surface area contributed by atoms with E-state index in [4.69, 9.17) is 31.2 Å². The standard InChI is InChI=1S/C26H27ClN4O4S/c1-4-7-22-30-31-24(28)19(25(32)29-26(31)36-22)13-17-14-20(27)23(21(15-17)33-5-2)35-11-10-34-18-9-6-8-16(3)12-18/h6,8-9,12-15,28H,4-5,7,10-11H2,1-3H3. The van der Waals surface area contributed by atoms with Gasteiger partial charge in [0.05, 0.1) is 17.2 Å². The number of carbonyl (C=O) groups is 1. The summed E-state index contributed by atoms with van der Waals surface area (Å²) in [4.78, 5) is 16.8. The Kier molecular flexibility index (Phi) is 8.32. The van der Waals surface area contributed by atoms with Crippen LogP contribution in [0.2, 0.25) is 5.02 Å². The Hall–Kier alpha value is -3.30. The highest BCUT2D eigenvalue weighted by molar-refractivity contribution is 8.26. The monoisotopic (exact) mass is 526 g/mol. The second-order valence-corrected chi connectivity index (χ2v) is 9.49. The highest BCUT2D eigenvalue weighted by Crippen LogP contribution is 2.38. The van der Waals surface area contributed by atoms with E-state index in [0.29, 0.717) is 40.5 Å². The SMILES string of the molecule is CCCC1=NN2C(=N)C(=Cc3cc(Cl)c(OCCOc4cccc(C)c4)c(OCC)c3)C(=O)N=C2S1. The van der Waals surface area contributed by atoms with Crippen molar-refractivity contribution < 1.29 is 19.0 Å². The summed E-state index contributed by atoms with van der Waals surface area (Å²) in [6, 6.07) is 11.2. The lowest BCUT2D eigenvalue weighted by atomic mass is 10.1. The number of aliphatic imine (C=N–C) groups is 1. The predicted octanol–water partition coefficient (Wildman–Crippen LogP) is 5.92. The lowest BCUT2D eigenvalue weighted by Crippen LogP contribution is -2.35. The fourth-order valence-electron chi connectivity index (χ4n) is 3.60. The van der Waals surface area contributed by atoms with Crippen molar-refractivity contribution in [1.29, 1.82) is 5.41 Å². The summed E-state index contributed by atoms with van der Waals surface area (Å²) in [5, 5.41) is 15.9. The van der Waals surface area contributed by atoms with Gasteiger partial charge in [-0.2, -0.15) is 15.1 Å². The molecular formula is C26H27ClN4O4S. The molecule has 36 heavy (non-hydrogen) atoms. The molecule has 2 aromatic carbocycles. The first-order valence-corrected chi connectivity index (χ1v) is 12.9. The van der Waals surface area contributed by atoms with Crippen molar-refractivity contribution >= 4 is 51.4 Å². The van der Waals surface area contributed by atoms with Crippen molar-refractivity contribution in [3.8, 4) is 17.2 Å². The van der Waals surface area contributed by atoms with E-state index in [1.54, 1.807) is 18.2 Å². The lowest BCUT2D eigenvalue weighted by molar-refractivity contribution is -0.114. The van der Waals surface area contributed by atoms with Gasteiger partial charge in [0.2, 0.25) is 5.17 Å². The summed E-state index contributed by atoms with van der Waals surface area (Å²) < 4.78 is 17.4. The van der Waals surface area contributed by atoms with Crippen LogP contribution in [0.4, 0.5) is 0 Å². The Balaban J connectivity index is 1.51. The van der Waals surface area contributed by atoms with Crippen molar-refractivity contribution in [2.45, 2.75) is 33.6 Å². The molecule has 0 spiro atoms. The van der Waals surface area contributed by atoms with Gasteiger partial charge >= 0.3 is 0 Å². The second-order valence-electron chi connectivity index (χ2n) is 8.04. The highest BCUT2D eigenvalue weighted by atomic mass is 35.5. The van der Waals surface area contributed by atoms with E-state index in [2.05, 4.69) is 10.1 Å². The summed E-state index contributed by atoms with van der Waals surface area (Å²) >= 11 is 7.87. The molecule has 0 aromatic heterocycles. The summed E-state index contributed by atoms with van der Waals surface area (Å²) in [5.74, 6) is 1.08. The first-order valence-electron chi connectivity index (χ1n) is 11.7. The molecule has 1 N–H and O–H groups in total. The Labute approximate surface area is 219 Å². The fourth-order valence-corrected chi connectivity index (χ4v) is 4.86. The van der Waals surface area contributed by atoms with Gasteiger partial charge in [-0.3, -0.25) is 10.2 Å². The maximum absolute atomic E-state index is 12.7. The molecule has 0 saturated heterocycles. The van der Waals surface area contributed by atoms with E-state index in [-0.39, 0.29) is 18.0 Å². The topological polar surface area (TPSA) is 96.6 Å². The number of fused-ring (bicyclic) bond motifs is 1. The van der Waals surface area contributed by atoms with E-state index < -0.39 is 5.91 Å². The van der Waals surface area contributed by atoms with Crippen LogP contribution in [0.15, 0.2) is 52.1 Å². The molecule has 0 radical (unpaired) electrons. The first kappa shape index (κ1) is 25.8. The number of benzene rings is 2. The van der Waals surface area contributed by atoms with E-state index in [9.17, 15) is 4.79 Å². The lowest BCUT2D eigenvalue weighted by Gasteiger charge is -2.20. The van der Waals surface area contributed by atoms with Crippen molar-refractivity contribution in [2.75, 3.05) is 19.8 Å². The Morgan fingerprint density at radius 3 is 2.69 bits per heavy atom. The molecular weight excluding hydrogens is 500 g/mol. The molecule has 2 heterocycles. The molecule has 1 amide bonds. The average molecular weight is 527 g/mol. The molecule has 2 aromatic rings. The zero-order chi connectivity index (χ0) is 25.7. The molecule has 10 heteroatoms. The van der Waals surface area contributed by atoms with Gasteiger partial charge in [0.25, 0.3) is 5.91 Å². The van der Waals surface area contributed by atoms with Crippen LogP contribution in [0, 0.1) is 12.3 Å². The smallest absolute Gasteiger partial charge is 0.283 e. The van der Waals surface area contributed by atoms with Crippen molar-refractivity contribution in [1.82, 2.24) is 5.01 Å². The third-order valence-electron chi connectivity index (χ3n) is 5.19. The first-order chi connectivity index (χ1) is 17.4. The van der Waals surface area contributed by atoms with E-state index in [1.807, 2.05) is 45.0 Å². The number of hydrazone groups is 1. The summed E-state index contributed by atoms with van der Waals surface area (Å²) in [6.45, 7) is 6.90. The van der Waals surface area contributed by atoms with Crippen LogP contribution in [0.25, 0.3) is 6.08 Å². The largest absolute Gasteiger partial charge is 0.490 e. The maximum atomic E-state index is 12.7. The van der Waals surface area contributed by atoms with Gasteiger partial charge in [-0.1, -0.05) is 30.7 Å². The van der Waals surface area contributed by atoms with Gasteiger partial charge in [-0.15, -0.1) is 0 Å². The molecule has 2 aliphatic rings. The van der Waals surface area contributed by atoms with Gasteiger partial charge in [-0.25, -0.2) is 0 Å². The minimum atomic E-state index is -0.491. The number of rotatable bonds is 10. The van der Waals surface area contributed by atoms with Crippen molar-refractivity contribution in [2.24, 2.45) is 10.1 Å². The van der Waals surface area contributed by atoms with Crippen LogP contribution in [-0.2, 0) is 4.79 Å². The number of amides is 1. The van der Waals surface area contributed by atoms with Crippen molar-refractivity contribution in [3.63, 3.8) is 0 Å². The molecule has 2 aliphatic heterocycles. The molecule has 0 saturated carbocycles. The van der Waals surface area contributed by atoms with Crippen LogP contribution < -0.4 is 14.2 Å². The quantitative estimate of drug-likeness (QED) is 0.305.